The number of aryl methyl sites for hydroxylation is 1. The molecule has 6 nitrogen and oxygen atoms in total. The summed E-state index contributed by atoms with van der Waals surface area (Å²) in [5.41, 5.74) is 1.05. The zero-order valence-electron chi connectivity index (χ0n) is 12.2. The van der Waals surface area contributed by atoms with Gasteiger partial charge in [-0.05, 0) is 28.6 Å². The molecule has 8 heteroatoms. The van der Waals surface area contributed by atoms with Gasteiger partial charge in [-0.1, -0.05) is 19.6 Å². The smallest absolute Gasteiger partial charge is 0.279 e. The Morgan fingerprint density at radius 3 is 2.75 bits per heavy atom. The summed E-state index contributed by atoms with van der Waals surface area (Å²) in [5, 5.41) is 4.34. The highest BCUT2D eigenvalue weighted by molar-refractivity contribution is 14.1. The van der Waals surface area contributed by atoms with E-state index in [1.165, 1.54) is 10.9 Å². The van der Waals surface area contributed by atoms with E-state index in [9.17, 15) is 4.79 Å². The van der Waals surface area contributed by atoms with Gasteiger partial charge in [0.05, 0.1) is 6.33 Å². The molecule has 0 spiro atoms. The van der Waals surface area contributed by atoms with Gasteiger partial charge in [0.2, 0.25) is 0 Å². The number of nitrogens with zero attached hydrogens (tertiary/aromatic N) is 4. The minimum atomic E-state index is -1.10. The molecule has 0 unspecified atom stereocenters. The molecule has 2 heterocycles. The Bertz CT molecular complexity index is 674. The summed E-state index contributed by atoms with van der Waals surface area (Å²) in [5.74, 6) is 0. The van der Waals surface area contributed by atoms with Crippen LogP contribution in [0.3, 0.4) is 0 Å². The van der Waals surface area contributed by atoms with Crippen LogP contribution in [0.2, 0.25) is 25.7 Å². The first-order valence-electron chi connectivity index (χ1n) is 6.45. The fraction of sp³-hybridized carbons (Fsp3) is 0.583. The van der Waals surface area contributed by atoms with Gasteiger partial charge in [-0.3, -0.25) is 4.79 Å². The summed E-state index contributed by atoms with van der Waals surface area (Å²) in [6, 6.07) is 1.10. The van der Waals surface area contributed by atoms with Crippen LogP contribution in [0, 0.1) is 3.70 Å². The molecule has 0 amide bonds. The highest BCUT2D eigenvalue weighted by Gasteiger charge is 2.15. The van der Waals surface area contributed by atoms with Crippen molar-refractivity contribution < 1.29 is 4.74 Å². The molecule has 2 aromatic rings. The van der Waals surface area contributed by atoms with Crippen molar-refractivity contribution in [3.05, 3.63) is 20.4 Å². The number of hydrogen-bond acceptors (Lipinski definition) is 4. The van der Waals surface area contributed by atoms with Crippen LogP contribution in [0.4, 0.5) is 0 Å². The second kappa shape index (κ2) is 5.94. The van der Waals surface area contributed by atoms with Crippen LogP contribution in [0.5, 0.6) is 0 Å². The first-order chi connectivity index (χ1) is 9.29. The lowest BCUT2D eigenvalue weighted by Gasteiger charge is -2.15. The molecular weight excluding hydrogens is 387 g/mol. The van der Waals surface area contributed by atoms with Crippen molar-refractivity contribution >= 4 is 41.7 Å². The zero-order valence-corrected chi connectivity index (χ0v) is 15.3. The summed E-state index contributed by atoms with van der Waals surface area (Å²) in [7, 11) is 0.587. The van der Waals surface area contributed by atoms with Crippen molar-refractivity contribution in [1.29, 1.82) is 0 Å². The molecule has 0 saturated carbocycles. The van der Waals surface area contributed by atoms with Crippen molar-refractivity contribution in [1.82, 2.24) is 19.3 Å². The average Bonchev–Trinajstić information content (AvgIpc) is 2.66. The van der Waals surface area contributed by atoms with E-state index >= 15 is 0 Å². The van der Waals surface area contributed by atoms with Crippen LogP contribution in [-0.4, -0.2) is 34.0 Å². The van der Waals surface area contributed by atoms with Crippen molar-refractivity contribution in [2.75, 3.05) is 6.61 Å². The molecular formula is C12H19IN4O2Si. The summed E-state index contributed by atoms with van der Waals surface area (Å²) in [6.07, 6.45) is 1.52. The van der Waals surface area contributed by atoms with Gasteiger partial charge < -0.3 is 9.30 Å². The molecule has 20 heavy (non-hydrogen) atoms. The molecule has 0 aliphatic rings. The van der Waals surface area contributed by atoms with Gasteiger partial charge >= 0.3 is 0 Å². The first-order valence-corrected chi connectivity index (χ1v) is 11.2. The predicted molar refractivity (Wildman–Crippen MR) is 89.6 cm³/mol. The molecule has 2 rings (SSSR count). The average molecular weight is 406 g/mol. The van der Waals surface area contributed by atoms with E-state index in [2.05, 4.69) is 52.3 Å². The van der Waals surface area contributed by atoms with Crippen LogP contribution >= 0.6 is 22.6 Å². The van der Waals surface area contributed by atoms with Crippen LogP contribution in [-0.2, 0) is 18.5 Å². The fourth-order valence-corrected chi connectivity index (χ4v) is 3.15. The molecule has 0 bridgehead atoms. The third-order valence-electron chi connectivity index (χ3n) is 2.98. The topological polar surface area (TPSA) is 61.9 Å². The minimum Gasteiger partial charge on any atom is -0.360 e. The fourth-order valence-electron chi connectivity index (χ4n) is 1.74. The van der Waals surface area contributed by atoms with Crippen LogP contribution in [0.25, 0.3) is 11.0 Å². The molecule has 0 aliphatic carbocycles. The Hall–Kier alpha value is -0.743. The quantitative estimate of drug-likeness (QED) is 0.433. The Morgan fingerprint density at radius 1 is 1.40 bits per heavy atom. The van der Waals surface area contributed by atoms with Crippen molar-refractivity contribution in [3.8, 4) is 0 Å². The maximum Gasteiger partial charge on any atom is 0.279 e. The lowest BCUT2D eigenvalue weighted by molar-refractivity contribution is 0.0812. The van der Waals surface area contributed by atoms with Gasteiger partial charge in [0, 0.05) is 21.7 Å². The summed E-state index contributed by atoms with van der Waals surface area (Å²) in [6.45, 7) is 7.92. The number of rotatable bonds is 5. The van der Waals surface area contributed by atoms with E-state index in [1.54, 1.807) is 11.7 Å². The third kappa shape index (κ3) is 3.47. The number of fused-ring (bicyclic) bond motifs is 1. The number of aromatic nitrogens is 4. The zero-order chi connectivity index (χ0) is 14.9. The second-order valence-electron chi connectivity index (χ2n) is 6.00. The van der Waals surface area contributed by atoms with E-state index < -0.39 is 8.07 Å². The summed E-state index contributed by atoms with van der Waals surface area (Å²) < 4.78 is 9.46. The number of halogens is 1. The van der Waals surface area contributed by atoms with Crippen molar-refractivity contribution in [3.63, 3.8) is 0 Å². The number of hydrogen-bond donors (Lipinski definition) is 0. The molecule has 0 fully saturated rings. The van der Waals surface area contributed by atoms with E-state index in [-0.39, 0.29) is 5.56 Å². The Balaban J connectivity index is 2.19. The highest BCUT2D eigenvalue weighted by atomic mass is 127. The predicted octanol–water partition coefficient (Wildman–Crippen LogP) is 2.05. The van der Waals surface area contributed by atoms with E-state index in [1.807, 2.05) is 0 Å². The first kappa shape index (κ1) is 15.6. The summed E-state index contributed by atoms with van der Waals surface area (Å²) >= 11 is 2.09. The maximum absolute atomic E-state index is 12.2. The SMILES string of the molecule is Cn1cnc2c(I)nn(COCC[Si](C)(C)C)c2c1=O. The normalized spacial score (nSPS) is 12.2. The second-order valence-corrected chi connectivity index (χ2v) is 12.6. The standard InChI is InChI=1S/C12H19IN4O2Si/c1-16-7-14-9-10(12(16)18)17(15-11(9)13)8-19-5-6-20(2,3)4/h7H,5-6,8H2,1-4H3. The van der Waals surface area contributed by atoms with Gasteiger partial charge in [-0.25, -0.2) is 9.67 Å². The number of ether oxygens (including phenoxy) is 1. The summed E-state index contributed by atoms with van der Waals surface area (Å²) in [4.78, 5) is 16.4. The molecule has 0 aromatic carbocycles. The lowest BCUT2D eigenvalue weighted by atomic mass is 10.4. The molecule has 110 valence electrons. The molecule has 0 N–H and O–H groups in total. The monoisotopic (exact) mass is 406 g/mol. The van der Waals surface area contributed by atoms with E-state index in [0.29, 0.717) is 24.4 Å². The van der Waals surface area contributed by atoms with Gasteiger partial charge in [0.25, 0.3) is 5.56 Å². The van der Waals surface area contributed by atoms with Crippen molar-refractivity contribution in [2.45, 2.75) is 32.4 Å². The van der Waals surface area contributed by atoms with Crippen LogP contribution < -0.4 is 5.56 Å². The molecule has 0 atom stereocenters. The molecule has 2 aromatic heterocycles. The van der Waals surface area contributed by atoms with Gasteiger partial charge in [0.15, 0.2) is 5.52 Å². The highest BCUT2D eigenvalue weighted by Crippen LogP contribution is 2.15. The van der Waals surface area contributed by atoms with E-state index in [0.717, 1.165) is 9.74 Å². The van der Waals surface area contributed by atoms with Gasteiger partial charge in [-0.15, -0.1) is 0 Å². The molecule has 0 saturated heterocycles. The van der Waals surface area contributed by atoms with Crippen LogP contribution in [0.1, 0.15) is 0 Å². The van der Waals surface area contributed by atoms with Gasteiger partial charge in [0.1, 0.15) is 15.9 Å². The van der Waals surface area contributed by atoms with Gasteiger partial charge in [-0.2, -0.15) is 5.10 Å². The Labute approximate surface area is 132 Å². The van der Waals surface area contributed by atoms with Crippen molar-refractivity contribution in [2.24, 2.45) is 7.05 Å². The Kier molecular flexibility index (Phi) is 4.64. The third-order valence-corrected chi connectivity index (χ3v) is 5.41. The van der Waals surface area contributed by atoms with E-state index in [4.69, 9.17) is 4.74 Å². The molecule has 0 radical (unpaired) electrons. The Morgan fingerprint density at radius 2 is 2.10 bits per heavy atom. The largest absolute Gasteiger partial charge is 0.360 e. The minimum absolute atomic E-state index is 0.0980. The lowest BCUT2D eigenvalue weighted by Crippen LogP contribution is -2.23. The molecule has 0 aliphatic heterocycles. The van der Waals surface area contributed by atoms with Crippen LogP contribution in [0.15, 0.2) is 11.1 Å². The maximum atomic E-state index is 12.2.